The third kappa shape index (κ3) is 4.38. The third-order valence-corrected chi connectivity index (χ3v) is 4.68. The predicted octanol–water partition coefficient (Wildman–Crippen LogP) is 3.46. The minimum absolute atomic E-state index is 0.0217. The fourth-order valence-electron chi connectivity index (χ4n) is 3.33. The van der Waals surface area contributed by atoms with Gasteiger partial charge in [0.2, 0.25) is 11.8 Å². The number of benzene rings is 1. The van der Waals surface area contributed by atoms with Crippen LogP contribution in [0.25, 0.3) is 0 Å². The van der Waals surface area contributed by atoms with E-state index in [4.69, 9.17) is 9.26 Å². The van der Waals surface area contributed by atoms with E-state index in [1.807, 2.05) is 17.0 Å². The summed E-state index contributed by atoms with van der Waals surface area (Å²) in [6.07, 6.45) is 5.35. The van der Waals surface area contributed by atoms with E-state index in [0.717, 1.165) is 44.4 Å². The van der Waals surface area contributed by atoms with Gasteiger partial charge >= 0.3 is 0 Å². The maximum Gasteiger partial charge on any atom is 0.223 e. The Morgan fingerprint density at radius 1 is 1.32 bits per heavy atom. The van der Waals surface area contributed by atoms with Crippen LogP contribution in [0.5, 0.6) is 5.75 Å². The molecule has 0 spiro atoms. The van der Waals surface area contributed by atoms with Crippen molar-refractivity contribution in [2.45, 2.75) is 51.5 Å². The first-order chi connectivity index (χ1) is 12.2. The number of carbonyl (C=O) groups excluding carboxylic acids is 1. The molecule has 1 aromatic heterocycles. The molecule has 6 nitrogen and oxygen atoms in total. The minimum atomic E-state index is -0.0217. The molecule has 6 heteroatoms. The molecule has 2 aromatic rings. The van der Waals surface area contributed by atoms with Gasteiger partial charge in [0, 0.05) is 19.9 Å². The number of hydrogen-bond acceptors (Lipinski definition) is 5. The zero-order valence-corrected chi connectivity index (χ0v) is 14.9. The molecule has 1 aromatic carbocycles. The van der Waals surface area contributed by atoms with Crippen molar-refractivity contribution in [3.63, 3.8) is 0 Å². The summed E-state index contributed by atoms with van der Waals surface area (Å²) in [6, 6.07) is 8.09. The lowest BCUT2D eigenvalue weighted by Crippen LogP contribution is -2.30. The molecule has 0 aliphatic carbocycles. The van der Waals surface area contributed by atoms with Crippen LogP contribution in [0.15, 0.2) is 28.8 Å². The summed E-state index contributed by atoms with van der Waals surface area (Å²) in [5.74, 6) is 2.26. The van der Waals surface area contributed by atoms with Gasteiger partial charge in [0.1, 0.15) is 5.75 Å². The van der Waals surface area contributed by atoms with Crippen molar-refractivity contribution in [2.24, 2.45) is 0 Å². The molecule has 1 atom stereocenters. The number of aryl methyl sites for hydroxylation is 2. The van der Waals surface area contributed by atoms with Crippen LogP contribution in [-0.4, -0.2) is 34.6 Å². The number of ether oxygens (including phenoxy) is 1. The fourth-order valence-corrected chi connectivity index (χ4v) is 3.33. The number of unbranched alkanes of at least 4 members (excludes halogenated alkanes) is 1. The van der Waals surface area contributed by atoms with Crippen molar-refractivity contribution < 1.29 is 14.1 Å². The zero-order chi connectivity index (χ0) is 17.6. The molecule has 134 valence electrons. The van der Waals surface area contributed by atoms with E-state index in [9.17, 15) is 4.79 Å². The van der Waals surface area contributed by atoms with E-state index in [2.05, 4.69) is 22.3 Å². The highest BCUT2D eigenvalue weighted by molar-refractivity contribution is 5.76. The largest absolute Gasteiger partial charge is 0.497 e. The lowest BCUT2D eigenvalue weighted by atomic mass is 10.1. The number of likely N-dealkylation sites (tertiary alicyclic amines) is 1. The third-order valence-electron chi connectivity index (χ3n) is 4.68. The number of aromatic nitrogens is 2. The smallest absolute Gasteiger partial charge is 0.223 e. The second-order valence-corrected chi connectivity index (χ2v) is 6.47. The first kappa shape index (κ1) is 17.5. The Morgan fingerprint density at radius 2 is 2.12 bits per heavy atom. The molecule has 1 unspecified atom stereocenters. The number of amides is 1. The zero-order valence-electron chi connectivity index (χ0n) is 14.9. The van der Waals surface area contributed by atoms with Crippen LogP contribution in [-0.2, 0) is 11.2 Å². The highest BCUT2D eigenvalue weighted by Gasteiger charge is 2.32. The summed E-state index contributed by atoms with van der Waals surface area (Å²) in [4.78, 5) is 18.8. The molecule has 1 aliphatic rings. The van der Waals surface area contributed by atoms with Crippen molar-refractivity contribution >= 4 is 5.91 Å². The van der Waals surface area contributed by atoms with E-state index < -0.39 is 0 Å². The maximum absolute atomic E-state index is 12.6. The van der Waals surface area contributed by atoms with Gasteiger partial charge in [0.05, 0.1) is 13.2 Å². The molecule has 0 saturated carbocycles. The molecule has 1 aliphatic heterocycles. The molecule has 0 N–H and O–H groups in total. The Morgan fingerprint density at radius 3 is 2.80 bits per heavy atom. The molecule has 0 radical (unpaired) electrons. The number of rotatable bonds is 7. The van der Waals surface area contributed by atoms with Gasteiger partial charge in [-0.25, -0.2) is 0 Å². The van der Waals surface area contributed by atoms with E-state index in [1.54, 1.807) is 14.0 Å². The van der Waals surface area contributed by atoms with E-state index >= 15 is 0 Å². The highest BCUT2D eigenvalue weighted by atomic mass is 16.5. The average Bonchev–Trinajstić information content (AvgIpc) is 3.27. The quantitative estimate of drug-likeness (QED) is 0.720. The second-order valence-electron chi connectivity index (χ2n) is 6.47. The molecule has 0 bridgehead atoms. The molecule has 1 saturated heterocycles. The molecular formula is C19H25N3O3. The normalized spacial score (nSPS) is 17.0. The Balaban J connectivity index is 1.45. The molecule has 25 heavy (non-hydrogen) atoms. The molecule has 2 heterocycles. The first-order valence-electron chi connectivity index (χ1n) is 8.90. The Kier molecular flexibility index (Phi) is 5.68. The first-order valence-corrected chi connectivity index (χ1v) is 8.90. The summed E-state index contributed by atoms with van der Waals surface area (Å²) in [5, 5.41) is 3.99. The van der Waals surface area contributed by atoms with Crippen LogP contribution in [0.1, 0.15) is 55.4 Å². The fraction of sp³-hybridized carbons (Fsp3) is 0.526. The van der Waals surface area contributed by atoms with E-state index in [1.165, 1.54) is 5.56 Å². The van der Waals surface area contributed by atoms with E-state index in [-0.39, 0.29) is 11.9 Å². The number of methoxy groups -OCH3 is 1. The highest BCUT2D eigenvalue weighted by Crippen LogP contribution is 2.30. The standard InChI is InChI=1S/C19H25N3O3/c1-14-20-19(21-25-14)17-7-5-13-22(17)18(23)8-4-3-6-15-9-11-16(24-2)12-10-15/h9-12,17H,3-8,13H2,1-2H3. The van der Waals surface area contributed by atoms with Crippen LogP contribution in [0.3, 0.4) is 0 Å². The molecule has 3 rings (SSSR count). The predicted molar refractivity (Wildman–Crippen MR) is 93.3 cm³/mol. The van der Waals surface area contributed by atoms with Crippen molar-refractivity contribution in [2.75, 3.05) is 13.7 Å². The molecule has 1 amide bonds. The van der Waals surface area contributed by atoms with Crippen LogP contribution in [0.2, 0.25) is 0 Å². The number of hydrogen-bond donors (Lipinski definition) is 0. The van der Waals surface area contributed by atoms with Gasteiger partial charge in [0.15, 0.2) is 5.82 Å². The lowest BCUT2D eigenvalue weighted by Gasteiger charge is -2.22. The van der Waals surface area contributed by atoms with Gasteiger partial charge in [-0.05, 0) is 49.8 Å². The number of nitrogens with zero attached hydrogens (tertiary/aromatic N) is 3. The maximum atomic E-state index is 12.6. The molecular weight excluding hydrogens is 318 g/mol. The van der Waals surface area contributed by atoms with Gasteiger partial charge in [0.25, 0.3) is 0 Å². The van der Waals surface area contributed by atoms with Gasteiger partial charge in [-0.15, -0.1) is 0 Å². The number of carbonyl (C=O) groups is 1. The summed E-state index contributed by atoms with van der Waals surface area (Å²) in [5.41, 5.74) is 1.27. The second kappa shape index (κ2) is 8.14. The average molecular weight is 343 g/mol. The van der Waals surface area contributed by atoms with Crippen LogP contribution < -0.4 is 4.74 Å². The Labute approximate surface area is 148 Å². The van der Waals surface area contributed by atoms with Crippen molar-refractivity contribution in [1.82, 2.24) is 15.0 Å². The summed E-state index contributed by atoms with van der Waals surface area (Å²) < 4.78 is 10.2. The van der Waals surface area contributed by atoms with Crippen LogP contribution >= 0.6 is 0 Å². The van der Waals surface area contributed by atoms with Gasteiger partial charge in [-0.1, -0.05) is 17.3 Å². The van der Waals surface area contributed by atoms with Gasteiger partial charge < -0.3 is 14.2 Å². The van der Waals surface area contributed by atoms with Gasteiger partial charge in [-0.3, -0.25) is 4.79 Å². The van der Waals surface area contributed by atoms with Crippen molar-refractivity contribution in [1.29, 1.82) is 0 Å². The van der Waals surface area contributed by atoms with E-state index in [0.29, 0.717) is 18.1 Å². The van der Waals surface area contributed by atoms with Gasteiger partial charge in [-0.2, -0.15) is 4.98 Å². The monoisotopic (exact) mass is 343 g/mol. The van der Waals surface area contributed by atoms with Crippen LogP contribution in [0, 0.1) is 6.92 Å². The summed E-state index contributed by atoms with van der Waals surface area (Å²) >= 11 is 0. The van der Waals surface area contributed by atoms with Crippen molar-refractivity contribution in [3.05, 3.63) is 41.5 Å². The summed E-state index contributed by atoms with van der Waals surface area (Å²) in [6.45, 7) is 2.56. The summed E-state index contributed by atoms with van der Waals surface area (Å²) in [7, 11) is 1.67. The Hall–Kier alpha value is -2.37. The Bertz CT molecular complexity index is 696. The lowest BCUT2D eigenvalue weighted by molar-refractivity contribution is -0.132. The molecule has 1 fully saturated rings. The van der Waals surface area contributed by atoms with Crippen LogP contribution in [0.4, 0.5) is 0 Å². The van der Waals surface area contributed by atoms with Crippen molar-refractivity contribution in [3.8, 4) is 5.75 Å². The minimum Gasteiger partial charge on any atom is -0.497 e. The SMILES string of the molecule is COc1ccc(CCCCC(=O)N2CCCC2c2noc(C)n2)cc1. The topological polar surface area (TPSA) is 68.5 Å².